The second-order valence-electron chi connectivity index (χ2n) is 4.12. The van der Waals surface area contributed by atoms with Gasteiger partial charge in [-0.05, 0) is 38.3 Å². The van der Waals surface area contributed by atoms with Crippen LogP contribution in [0, 0.1) is 0 Å². The third kappa shape index (κ3) is 5.83. The van der Waals surface area contributed by atoms with Gasteiger partial charge >= 0.3 is 5.97 Å². The lowest BCUT2D eigenvalue weighted by Crippen LogP contribution is -2.04. The lowest BCUT2D eigenvalue weighted by atomic mass is 10.2. The van der Waals surface area contributed by atoms with Crippen molar-refractivity contribution >= 4 is 23.3 Å². The number of para-hydroxylation sites is 1. The van der Waals surface area contributed by atoms with E-state index in [9.17, 15) is 4.79 Å². The molecule has 0 amide bonds. The zero-order chi connectivity index (χ0) is 14.1. The molecule has 19 heavy (non-hydrogen) atoms. The standard InChI is InChI=1S/C14H20ClNO3/c1-2-18-13(17)9-4-3-5-10-19-14-11(15)7-6-8-12(14)16/h6-8H,2-5,9-10,16H2,1H3. The average Bonchev–Trinajstić information content (AvgIpc) is 2.36. The van der Waals surface area contributed by atoms with Crippen molar-refractivity contribution in [2.75, 3.05) is 18.9 Å². The minimum absolute atomic E-state index is 0.140. The van der Waals surface area contributed by atoms with E-state index in [1.807, 2.05) is 0 Å². The summed E-state index contributed by atoms with van der Waals surface area (Å²) in [5.41, 5.74) is 6.31. The Hall–Kier alpha value is -1.42. The molecular weight excluding hydrogens is 266 g/mol. The van der Waals surface area contributed by atoms with Crippen LogP contribution in [0.3, 0.4) is 0 Å². The van der Waals surface area contributed by atoms with Gasteiger partial charge in [0.1, 0.15) is 0 Å². The molecule has 4 nitrogen and oxygen atoms in total. The molecule has 0 spiro atoms. The Bertz CT molecular complexity index is 389. The maximum atomic E-state index is 11.1. The van der Waals surface area contributed by atoms with Crippen LogP contribution in [0.2, 0.25) is 5.02 Å². The topological polar surface area (TPSA) is 61.5 Å². The summed E-state index contributed by atoms with van der Waals surface area (Å²) >= 11 is 5.98. The number of unbranched alkanes of at least 4 members (excludes halogenated alkanes) is 2. The predicted molar refractivity (Wildman–Crippen MR) is 76.5 cm³/mol. The summed E-state index contributed by atoms with van der Waals surface area (Å²) in [6.45, 7) is 2.78. The first-order valence-electron chi connectivity index (χ1n) is 6.47. The van der Waals surface area contributed by atoms with Gasteiger partial charge in [-0.15, -0.1) is 0 Å². The van der Waals surface area contributed by atoms with Crippen LogP contribution in [0.15, 0.2) is 18.2 Å². The molecule has 1 aromatic carbocycles. The van der Waals surface area contributed by atoms with Crippen molar-refractivity contribution in [3.05, 3.63) is 23.2 Å². The number of esters is 1. The molecule has 106 valence electrons. The Labute approximate surface area is 118 Å². The smallest absolute Gasteiger partial charge is 0.305 e. The zero-order valence-electron chi connectivity index (χ0n) is 11.2. The van der Waals surface area contributed by atoms with E-state index in [1.54, 1.807) is 25.1 Å². The Balaban J connectivity index is 2.16. The summed E-state index contributed by atoms with van der Waals surface area (Å²) < 4.78 is 10.4. The number of ether oxygens (including phenoxy) is 2. The second kappa shape index (κ2) is 8.64. The molecule has 2 N–H and O–H groups in total. The van der Waals surface area contributed by atoms with Gasteiger partial charge in [-0.25, -0.2) is 0 Å². The van der Waals surface area contributed by atoms with Gasteiger partial charge in [0.2, 0.25) is 0 Å². The van der Waals surface area contributed by atoms with Gasteiger partial charge in [0, 0.05) is 6.42 Å². The molecule has 0 heterocycles. The number of carbonyl (C=O) groups excluding carboxylic acids is 1. The Morgan fingerprint density at radius 2 is 2.11 bits per heavy atom. The molecule has 0 saturated carbocycles. The van der Waals surface area contributed by atoms with E-state index in [0.717, 1.165) is 19.3 Å². The van der Waals surface area contributed by atoms with Crippen molar-refractivity contribution in [3.63, 3.8) is 0 Å². The first kappa shape index (κ1) is 15.6. The quantitative estimate of drug-likeness (QED) is 0.452. The Kier molecular flexibility index (Phi) is 7.11. The number of anilines is 1. The summed E-state index contributed by atoms with van der Waals surface area (Å²) in [5.74, 6) is 0.397. The van der Waals surface area contributed by atoms with Crippen LogP contribution in [-0.2, 0) is 9.53 Å². The van der Waals surface area contributed by atoms with Crippen LogP contribution in [0.4, 0.5) is 5.69 Å². The van der Waals surface area contributed by atoms with Crippen LogP contribution in [-0.4, -0.2) is 19.2 Å². The number of nitrogens with two attached hydrogens (primary N) is 1. The fraction of sp³-hybridized carbons (Fsp3) is 0.500. The highest BCUT2D eigenvalue weighted by Gasteiger charge is 2.05. The van der Waals surface area contributed by atoms with Gasteiger partial charge in [0.05, 0.1) is 23.9 Å². The second-order valence-corrected chi connectivity index (χ2v) is 4.53. The molecule has 5 heteroatoms. The fourth-order valence-electron chi connectivity index (χ4n) is 1.63. The Morgan fingerprint density at radius 1 is 1.32 bits per heavy atom. The van der Waals surface area contributed by atoms with Crippen molar-refractivity contribution in [1.82, 2.24) is 0 Å². The van der Waals surface area contributed by atoms with Gasteiger partial charge in [-0.2, -0.15) is 0 Å². The molecule has 0 atom stereocenters. The molecule has 0 unspecified atom stereocenters. The van der Waals surface area contributed by atoms with Crippen molar-refractivity contribution in [3.8, 4) is 5.75 Å². The van der Waals surface area contributed by atoms with E-state index >= 15 is 0 Å². The highest BCUT2D eigenvalue weighted by molar-refractivity contribution is 6.32. The molecule has 0 aliphatic rings. The largest absolute Gasteiger partial charge is 0.490 e. The SMILES string of the molecule is CCOC(=O)CCCCCOc1c(N)cccc1Cl. The summed E-state index contributed by atoms with van der Waals surface area (Å²) in [6.07, 6.45) is 3.02. The van der Waals surface area contributed by atoms with Crippen LogP contribution in [0.5, 0.6) is 5.75 Å². The molecule has 0 saturated heterocycles. The molecule has 0 aromatic heterocycles. The summed E-state index contributed by atoms with van der Waals surface area (Å²) in [7, 11) is 0. The number of hydrogen-bond acceptors (Lipinski definition) is 4. The third-order valence-corrected chi connectivity index (χ3v) is 2.87. The van der Waals surface area contributed by atoms with E-state index < -0.39 is 0 Å². The average molecular weight is 286 g/mol. The van der Waals surface area contributed by atoms with Crippen molar-refractivity contribution < 1.29 is 14.3 Å². The van der Waals surface area contributed by atoms with Crippen LogP contribution < -0.4 is 10.5 Å². The van der Waals surface area contributed by atoms with E-state index in [0.29, 0.717) is 36.1 Å². The van der Waals surface area contributed by atoms with Crippen molar-refractivity contribution in [2.24, 2.45) is 0 Å². The summed E-state index contributed by atoms with van der Waals surface area (Å²) in [4.78, 5) is 11.1. The summed E-state index contributed by atoms with van der Waals surface area (Å²) in [5, 5.41) is 0.520. The van der Waals surface area contributed by atoms with Crippen LogP contribution in [0.25, 0.3) is 0 Å². The van der Waals surface area contributed by atoms with Crippen molar-refractivity contribution in [1.29, 1.82) is 0 Å². The number of nitrogen functional groups attached to an aromatic ring is 1. The van der Waals surface area contributed by atoms with E-state index in [-0.39, 0.29) is 5.97 Å². The van der Waals surface area contributed by atoms with Gasteiger partial charge < -0.3 is 15.2 Å². The first-order chi connectivity index (χ1) is 9.15. The highest BCUT2D eigenvalue weighted by Crippen LogP contribution is 2.30. The van der Waals surface area contributed by atoms with Crippen molar-refractivity contribution in [2.45, 2.75) is 32.6 Å². The molecule has 0 fully saturated rings. The minimum atomic E-state index is -0.140. The number of halogens is 1. The maximum Gasteiger partial charge on any atom is 0.305 e. The zero-order valence-corrected chi connectivity index (χ0v) is 11.9. The predicted octanol–water partition coefficient (Wildman–Crippen LogP) is 3.42. The third-order valence-electron chi connectivity index (χ3n) is 2.57. The molecule has 0 aliphatic heterocycles. The monoisotopic (exact) mass is 285 g/mol. The molecular formula is C14H20ClNO3. The molecule has 1 rings (SSSR count). The fourth-order valence-corrected chi connectivity index (χ4v) is 1.87. The molecule has 1 aromatic rings. The van der Waals surface area contributed by atoms with E-state index in [1.165, 1.54) is 0 Å². The number of benzene rings is 1. The first-order valence-corrected chi connectivity index (χ1v) is 6.85. The van der Waals surface area contributed by atoms with E-state index in [2.05, 4.69) is 0 Å². The molecule has 0 radical (unpaired) electrons. The minimum Gasteiger partial charge on any atom is -0.490 e. The number of rotatable bonds is 8. The summed E-state index contributed by atoms with van der Waals surface area (Å²) in [6, 6.07) is 5.28. The normalized spacial score (nSPS) is 10.2. The lowest BCUT2D eigenvalue weighted by molar-refractivity contribution is -0.143. The molecule has 0 aliphatic carbocycles. The van der Waals surface area contributed by atoms with Gasteiger partial charge in [-0.3, -0.25) is 4.79 Å². The Morgan fingerprint density at radius 3 is 2.79 bits per heavy atom. The van der Waals surface area contributed by atoms with Gasteiger partial charge in [-0.1, -0.05) is 17.7 Å². The molecule has 0 bridgehead atoms. The highest BCUT2D eigenvalue weighted by atomic mass is 35.5. The van der Waals surface area contributed by atoms with Crippen LogP contribution >= 0.6 is 11.6 Å². The van der Waals surface area contributed by atoms with Gasteiger partial charge in [0.25, 0.3) is 0 Å². The maximum absolute atomic E-state index is 11.1. The van der Waals surface area contributed by atoms with Gasteiger partial charge in [0.15, 0.2) is 5.75 Å². The van der Waals surface area contributed by atoms with Crippen LogP contribution in [0.1, 0.15) is 32.6 Å². The van der Waals surface area contributed by atoms with E-state index in [4.69, 9.17) is 26.8 Å². The lowest BCUT2D eigenvalue weighted by Gasteiger charge is -2.10. The number of hydrogen-bond donors (Lipinski definition) is 1. The number of carbonyl (C=O) groups is 1.